The molecule has 0 spiro atoms. The number of ketones is 1. The fraction of sp³-hybridized carbons (Fsp3) is 0.385. The Hall–Kier alpha value is -3.12. The van der Waals surface area contributed by atoms with Crippen molar-refractivity contribution in [2.45, 2.75) is 32.7 Å². The number of amides is 1. The van der Waals surface area contributed by atoms with Gasteiger partial charge in [0.25, 0.3) is 11.7 Å². The standard InChI is InChI=1S/C26H32N2O4/c1-5-18-8-10-20(11-9-18)24(29)22-23(19-12-14-21(15-13-19)32-6-2)28(26(31)25(22)30)17-7-16-27(3)4/h8-15,23,29H,5-7,16-17H2,1-4H3/b24-22-. The highest BCUT2D eigenvalue weighted by Gasteiger charge is 2.45. The number of carbonyl (C=O) groups excluding carboxylic acids is 2. The first kappa shape index (κ1) is 23.5. The molecule has 0 aliphatic carbocycles. The monoisotopic (exact) mass is 436 g/mol. The van der Waals surface area contributed by atoms with Crippen LogP contribution in [0.2, 0.25) is 0 Å². The Morgan fingerprint density at radius 1 is 1.03 bits per heavy atom. The Morgan fingerprint density at radius 2 is 1.69 bits per heavy atom. The van der Waals surface area contributed by atoms with Crippen LogP contribution in [-0.4, -0.2) is 60.4 Å². The predicted molar refractivity (Wildman–Crippen MR) is 126 cm³/mol. The first-order valence-corrected chi connectivity index (χ1v) is 11.1. The van der Waals surface area contributed by atoms with Crippen molar-refractivity contribution < 1.29 is 19.4 Å². The van der Waals surface area contributed by atoms with Crippen LogP contribution in [0.5, 0.6) is 5.75 Å². The van der Waals surface area contributed by atoms with Crippen molar-refractivity contribution in [3.8, 4) is 5.75 Å². The summed E-state index contributed by atoms with van der Waals surface area (Å²) < 4.78 is 5.53. The van der Waals surface area contributed by atoms with E-state index in [1.54, 1.807) is 17.0 Å². The summed E-state index contributed by atoms with van der Waals surface area (Å²) in [4.78, 5) is 29.6. The van der Waals surface area contributed by atoms with Gasteiger partial charge >= 0.3 is 0 Å². The largest absolute Gasteiger partial charge is 0.507 e. The molecule has 1 aliphatic rings. The van der Waals surface area contributed by atoms with E-state index >= 15 is 0 Å². The molecule has 1 N–H and O–H groups in total. The summed E-state index contributed by atoms with van der Waals surface area (Å²) in [5.74, 6) is -0.642. The minimum atomic E-state index is -0.647. The number of Topliss-reactive ketones (excluding diaryl/α,β-unsaturated/α-hetero) is 1. The van der Waals surface area contributed by atoms with E-state index in [9.17, 15) is 14.7 Å². The molecule has 1 amide bonds. The molecule has 0 aromatic heterocycles. The van der Waals surface area contributed by atoms with E-state index in [4.69, 9.17) is 4.74 Å². The van der Waals surface area contributed by atoms with E-state index in [0.29, 0.717) is 18.7 Å². The van der Waals surface area contributed by atoms with Crippen LogP contribution in [0.1, 0.15) is 43.0 Å². The van der Waals surface area contributed by atoms with Gasteiger partial charge in [0, 0.05) is 12.1 Å². The van der Waals surface area contributed by atoms with Crippen molar-refractivity contribution in [3.63, 3.8) is 0 Å². The third kappa shape index (κ3) is 5.02. The van der Waals surface area contributed by atoms with Crippen LogP contribution in [0.25, 0.3) is 5.76 Å². The molecule has 6 nitrogen and oxygen atoms in total. The molecule has 1 heterocycles. The summed E-state index contributed by atoms with van der Waals surface area (Å²) in [5.41, 5.74) is 2.57. The molecule has 0 bridgehead atoms. The third-order valence-electron chi connectivity index (χ3n) is 5.69. The molecule has 3 rings (SSSR count). The van der Waals surface area contributed by atoms with E-state index < -0.39 is 17.7 Å². The van der Waals surface area contributed by atoms with Gasteiger partial charge in [-0.1, -0.05) is 43.3 Å². The van der Waals surface area contributed by atoms with Crippen molar-refractivity contribution in [2.75, 3.05) is 33.8 Å². The molecule has 0 radical (unpaired) electrons. The summed E-state index contributed by atoms with van der Waals surface area (Å²) in [6, 6.07) is 14.2. The van der Waals surface area contributed by atoms with Crippen molar-refractivity contribution in [2.24, 2.45) is 0 Å². The zero-order chi connectivity index (χ0) is 23.3. The average molecular weight is 437 g/mol. The van der Waals surface area contributed by atoms with Crippen molar-refractivity contribution in [3.05, 3.63) is 70.8 Å². The topological polar surface area (TPSA) is 70.1 Å². The van der Waals surface area contributed by atoms with Gasteiger partial charge in [0.2, 0.25) is 0 Å². The van der Waals surface area contributed by atoms with Crippen LogP contribution in [0.3, 0.4) is 0 Å². The van der Waals surface area contributed by atoms with Gasteiger partial charge in [0.15, 0.2) is 0 Å². The van der Waals surface area contributed by atoms with Gasteiger partial charge in [-0.25, -0.2) is 0 Å². The fourth-order valence-corrected chi connectivity index (χ4v) is 3.98. The first-order chi connectivity index (χ1) is 15.4. The van der Waals surface area contributed by atoms with Gasteiger partial charge in [-0.3, -0.25) is 9.59 Å². The predicted octanol–water partition coefficient (Wildman–Crippen LogP) is 4.02. The average Bonchev–Trinajstić information content (AvgIpc) is 3.04. The summed E-state index contributed by atoms with van der Waals surface area (Å²) in [6.45, 7) is 5.73. The second kappa shape index (κ2) is 10.5. The van der Waals surface area contributed by atoms with E-state index in [1.165, 1.54) is 0 Å². The first-order valence-electron chi connectivity index (χ1n) is 11.1. The lowest BCUT2D eigenvalue weighted by Gasteiger charge is -2.26. The van der Waals surface area contributed by atoms with Gasteiger partial charge in [-0.15, -0.1) is 0 Å². The highest BCUT2D eigenvalue weighted by molar-refractivity contribution is 6.46. The number of hydrogen-bond donors (Lipinski definition) is 1. The second-order valence-corrected chi connectivity index (χ2v) is 8.20. The van der Waals surface area contributed by atoms with E-state index in [-0.39, 0.29) is 11.3 Å². The zero-order valence-electron chi connectivity index (χ0n) is 19.3. The molecule has 1 saturated heterocycles. The fourth-order valence-electron chi connectivity index (χ4n) is 3.98. The molecular weight excluding hydrogens is 404 g/mol. The smallest absolute Gasteiger partial charge is 0.295 e. The SMILES string of the molecule is CCOc1ccc(C2/C(=C(/O)c3ccc(CC)cc3)C(=O)C(=O)N2CCCN(C)C)cc1. The lowest BCUT2D eigenvalue weighted by atomic mass is 9.94. The van der Waals surface area contributed by atoms with Crippen LogP contribution < -0.4 is 4.74 Å². The Morgan fingerprint density at radius 3 is 2.25 bits per heavy atom. The zero-order valence-corrected chi connectivity index (χ0v) is 19.3. The minimum absolute atomic E-state index is 0.133. The minimum Gasteiger partial charge on any atom is -0.507 e. The Labute approximate surface area is 190 Å². The molecule has 1 fully saturated rings. The Balaban J connectivity index is 2.05. The molecule has 2 aromatic carbocycles. The molecular formula is C26H32N2O4. The Kier molecular flexibility index (Phi) is 7.70. The number of rotatable bonds is 9. The number of nitrogens with zero attached hydrogens (tertiary/aromatic N) is 2. The van der Waals surface area contributed by atoms with Gasteiger partial charge in [-0.05, 0) is 63.7 Å². The lowest BCUT2D eigenvalue weighted by Crippen LogP contribution is -2.32. The molecule has 2 aromatic rings. The second-order valence-electron chi connectivity index (χ2n) is 8.20. The molecule has 1 unspecified atom stereocenters. The van der Waals surface area contributed by atoms with Gasteiger partial charge < -0.3 is 19.6 Å². The molecule has 0 saturated carbocycles. The maximum absolute atomic E-state index is 13.1. The van der Waals surface area contributed by atoms with Crippen LogP contribution in [0, 0.1) is 0 Å². The number of aryl methyl sites for hydroxylation is 1. The quantitative estimate of drug-likeness (QED) is 0.365. The van der Waals surface area contributed by atoms with Gasteiger partial charge in [-0.2, -0.15) is 0 Å². The highest BCUT2D eigenvalue weighted by Crippen LogP contribution is 2.39. The molecule has 6 heteroatoms. The molecule has 32 heavy (non-hydrogen) atoms. The van der Waals surface area contributed by atoms with Crippen LogP contribution in [-0.2, 0) is 16.0 Å². The van der Waals surface area contributed by atoms with Crippen molar-refractivity contribution >= 4 is 17.4 Å². The summed E-state index contributed by atoms with van der Waals surface area (Å²) in [7, 11) is 3.94. The van der Waals surface area contributed by atoms with E-state index in [2.05, 4.69) is 6.92 Å². The van der Waals surface area contributed by atoms with Gasteiger partial charge in [0.05, 0.1) is 18.2 Å². The third-order valence-corrected chi connectivity index (χ3v) is 5.69. The Bertz CT molecular complexity index is 978. The highest BCUT2D eigenvalue weighted by atomic mass is 16.5. The summed E-state index contributed by atoms with van der Waals surface area (Å²) >= 11 is 0. The number of likely N-dealkylation sites (tertiary alicyclic amines) is 1. The number of hydrogen-bond acceptors (Lipinski definition) is 5. The molecule has 1 atom stereocenters. The summed E-state index contributed by atoms with van der Waals surface area (Å²) in [5, 5.41) is 11.1. The van der Waals surface area contributed by atoms with Crippen LogP contribution in [0.4, 0.5) is 0 Å². The van der Waals surface area contributed by atoms with Crippen molar-refractivity contribution in [1.82, 2.24) is 9.80 Å². The number of aliphatic hydroxyl groups excluding tert-OH is 1. The van der Waals surface area contributed by atoms with E-state index in [1.807, 2.05) is 62.3 Å². The van der Waals surface area contributed by atoms with E-state index in [0.717, 1.165) is 36.3 Å². The number of ether oxygens (including phenoxy) is 1. The van der Waals surface area contributed by atoms with Gasteiger partial charge in [0.1, 0.15) is 11.5 Å². The maximum Gasteiger partial charge on any atom is 0.295 e. The molecule has 170 valence electrons. The number of aliphatic hydroxyl groups is 1. The van der Waals surface area contributed by atoms with Crippen LogP contribution >= 0.6 is 0 Å². The normalized spacial score (nSPS) is 17.9. The van der Waals surface area contributed by atoms with Crippen LogP contribution in [0.15, 0.2) is 54.1 Å². The number of carbonyl (C=O) groups is 2. The molecule has 1 aliphatic heterocycles. The number of benzene rings is 2. The maximum atomic E-state index is 13.1. The lowest BCUT2D eigenvalue weighted by molar-refractivity contribution is -0.139. The summed E-state index contributed by atoms with van der Waals surface area (Å²) in [6.07, 6.45) is 1.60. The van der Waals surface area contributed by atoms with Crippen molar-refractivity contribution in [1.29, 1.82) is 0 Å².